The van der Waals surface area contributed by atoms with Gasteiger partial charge in [0, 0.05) is 101 Å². The van der Waals surface area contributed by atoms with Crippen LogP contribution in [0, 0.1) is 5.41 Å². The van der Waals surface area contributed by atoms with Crippen molar-refractivity contribution in [2.24, 2.45) is 10.5 Å². The number of anilines is 1. The number of ether oxygens (including phenoxy) is 2. The molecule has 21 heteroatoms. The molecule has 3 aliphatic heterocycles. The summed E-state index contributed by atoms with van der Waals surface area (Å²) < 4.78 is 18.6. The number of amides is 1. The van der Waals surface area contributed by atoms with Crippen LogP contribution < -0.4 is 20.3 Å². The molecule has 1 unspecified atom stereocenters. The average Bonchev–Trinajstić information content (AvgIpc) is 4.10. The number of rotatable bonds is 26. The first-order valence-corrected chi connectivity index (χ1v) is 34.2. The first-order valence-electron chi connectivity index (χ1n) is 27.0. The van der Waals surface area contributed by atoms with Crippen molar-refractivity contribution in [1.29, 1.82) is 0 Å². The Labute approximate surface area is 454 Å². The normalized spacial score (nSPS) is 25.1. The monoisotopic (exact) mass is 1100 g/mol. The number of aromatic amines is 1. The van der Waals surface area contributed by atoms with Gasteiger partial charge in [-0.3, -0.25) is 14.5 Å². The number of aromatic nitrogens is 3. The Balaban J connectivity index is 0.990. The van der Waals surface area contributed by atoms with Crippen molar-refractivity contribution in [3.8, 4) is 5.75 Å². The molecule has 1 spiro atoms. The number of likely N-dealkylation sites (N-methyl/N-ethyl adjacent to an activating group) is 1. The van der Waals surface area contributed by atoms with E-state index in [-0.39, 0.29) is 19.1 Å². The van der Waals surface area contributed by atoms with Crippen LogP contribution in [-0.2, 0) is 36.8 Å². The molecule has 2 aromatic heterocycles. The number of esters is 1. The fourth-order valence-corrected chi connectivity index (χ4v) is 23.9. The number of fused-ring (bicyclic) bond motifs is 2. The highest BCUT2D eigenvalue weighted by Crippen LogP contribution is 2.67. The number of aliphatic hydroxyl groups excluding tert-OH is 1. The second kappa shape index (κ2) is 23.3. The molecule has 1 amide bonds. The summed E-state index contributed by atoms with van der Waals surface area (Å²) in [5.41, 5.74) is 8.98. The summed E-state index contributed by atoms with van der Waals surface area (Å²) in [6, 6.07) is 11.9. The first-order chi connectivity index (χ1) is 36.3. The van der Waals surface area contributed by atoms with Crippen LogP contribution in [0.25, 0.3) is 21.3 Å². The quantitative estimate of drug-likeness (QED) is 0.00408. The van der Waals surface area contributed by atoms with Crippen molar-refractivity contribution >= 4 is 56.9 Å². The van der Waals surface area contributed by atoms with Crippen molar-refractivity contribution in [1.82, 2.24) is 30.5 Å². The summed E-state index contributed by atoms with van der Waals surface area (Å²) in [5, 5.41) is 51.0. The third kappa shape index (κ3) is 11.0. The Morgan fingerprint density at radius 2 is 1.86 bits per heavy atom. The SMILES string of the molecule is CCC(O)(CCC[C@H](C(=O)OC)c1cc2c(cc1OC)N(C)[C@H]1[C@@](O)(C(=O)NCCC[Si](C)(C)O[Si](C)(C)CSc3ncc(CN=[N+]=[N-])cn3)[C@H](O)[C@]3(CC)C=CCN4CC[C@]21[C@@H]43)CNCCc1c[nH]c2ccccc12. The molecule has 4 aliphatic rings. The third-order valence-corrected chi connectivity index (χ3v) is 26.9. The number of thioether (sulfide) groups is 1. The number of aliphatic hydroxyl groups is 3. The third-order valence-electron chi connectivity index (χ3n) is 17.1. The Morgan fingerprint density at radius 3 is 2.57 bits per heavy atom. The van der Waals surface area contributed by atoms with Crippen LogP contribution in [0.15, 0.2) is 77.4 Å². The Kier molecular flexibility index (Phi) is 17.6. The smallest absolute Gasteiger partial charge is 0.313 e. The van der Waals surface area contributed by atoms with E-state index < -0.39 is 68.6 Å². The molecule has 2 aromatic carbocycles. The molecular formula is C55H80N10O8SSi2. The molecule has 2 fully saturated rings. The van der Waals surface area contributed by atoms with Crippen LogP contribution >= 0.6 is 11.8 Å². The molecular weight excluding hydrogens is 1020 g/mol. The number of hydrogen-bond donors (Lipinski definition) is 6. The number of para-hydroxylation sites is 1. The summed E-state index contributed by atoms with van der Waals surface area (Å²) in [6.45, 7) is 15.7. The lowest BCUT2D eigenvalue weighted by molar-refractivity contribution is -0.203. The number of carbonyl (C=O) groups excluding carboxylic acids is 2. The summed E-state index contributed by atoms with van der Waals surface area (Å²) in [4.78, 5) is 48.5. The van der Waals surface area contributed by atoms with Crippen LogP contribution in [0.4, 0.5) is 5.69 Å². The molecule has 1 saturated carbocycles. The number of nitrogens with zero attached hydrogens (tertiary/aromatic N) is 7. The molecule has 0 radical (unpaired) electrons. The van der Waals surface area contributed by atoms with Gasteiger partial charge in [-0.05, 0) is 131 Å². The molecule has 5 heterocycles. The van der Waals surface area contributed by atoms with Crippen molar-refractivity contribution in [3.63, 3.8) is 0 Å². The molecule has 1 aliphatic carbocycles. The van der Waals surface area contributed by atoms with Gasteiger partial charge in [0.25, 0.3) is 5.91 Å². The molecule has 8 rings (SSSR count). The number of nitrogens with one attached hydrogen (secondary N) is 3. The van der Waals surface area contributed by atoms with Gasteiger partial charge in [0.2, 0.25) is 0 Å². The molecule has 1 saturated heterocycles. The Bertz CT molecular complexity index is 2800. The van der Waals surface area contributed by atoms with E-state index in [1.54, 1.807) is 31.3 Å². The minimum atomic E-state index is -2.25. The van der Waals surface area contributed by atoms with Gasteiger partial charge in [-0.15, -0.1) is 0 Å². The van der Waals surface area contributed by atoms with Gasteiger partial charge in [0.05, 0.1) is 38.3 Å². The van der Waals surface area contributed by atoms with Crippen LogP contribution in [0.5, 0.6) is 5.75 Å². The number of carbonyl (C=O) groups is 2. The van der Waals surface area contributed by atoms with E-state index in [1.165, 1.54) is 18.1 Å². The van der Waals surface area contributed by atoms with E-state index in [0.717, 1.165) is 40.2 Å². The van der Waals surface area contributed by atoms with Crippen LogP contribution in [0.2, 0.25) is 32.2 Å². The maximum atomic E-state index is 15.1. The number of H-pyrrole nitrogens is 1. The van der Waals surface area contributed by atoms with Gasteiger partial charge < -0.3 is 49.4 Å². The van der Waals surface area contributed by atoms with Crippen molar-refractivity contribution in [2.75, 3.05) is 64.3 Å². The van der Waals surface area contributed by atoms with E-state index in [1.807, 2.05) is 50.2 Å². The Morgan fingerprint density at radius 1 is 1.09 bits per heavy atom. The highest BCUT2D eigenvalue weighted by Gasteiger charge is 2.78. The minimum Gasteiger partial charge on any atom is -0.496 e. The molecule has 412 valence electrons. The summed E-state index contributed by atoms with van der Waals surface area (Å²) >= 11 is 1.55. The van der Waals surface area contributed by atoms with E-state index in [4.69, 9.17) is 19.1 Å². The zero-order valence-electron chi connectivity index (χ0n) is 45.9. The van der Waals surface area contributed by atoms with Gasteiger partial charge in [-0.25, -0.2) is 9.97 Å². The maximum Gasteiger partial charge on any atom is 0.313 e. The van der Waals surface area contributed by atoms with E-state index in [0.29, 0.717) is 87.6 Å². The maximum absolute atomic E-state index is 15.1. The first kappa shape index (κ1) is 57.4. The molecule has 6 N–H and O–H groups in total. The van der Waals surface area contributed by atoms with Gasteiger partial charge in [-0.2, -0.15) is 0 Å². The van der Waals surface area contributed by atoms with Gasteiger partial charge in [0.15, 0.2) is 27.4 Å². The fraction of sp³-hybridized carbons (Fsp3) is 0.600. The number of benzene rings is 2. The zero-order chi connectivity index (χ0) is 54.7. The predicted molar refractivity (Wildman–Crippen MR) is 302 cm³/mol. The summed E-state index contributed by atoms with van der Waals surface area (Å²) in [6.07, 6.45) is 12.5. The van der Waals surface area contributed by atoms with Crippen molar-refractivity contribution < 1.29 is 38.5 Å². The molecule has 8 atom stereocenters. The molecule has 4 aromatic rings. The van der Waals surface area contributed by atoms with Crippen LogP contribution in [-0.4, -0.2) is 152 Å². The summed E-state index contributed by atoms with van der Waals surface area (Å²) in [5.74, 6) is -1.27. The minimum absolute atomic E-state index is 0.201. The van der Waals surface area contributed by atoms with Crippen LogP contribution in [0.3, 0.4) is 0 Å². The second-order valence-electron chi connectivity index (χ2n) is 22.8. The fourth-order valence-electron chi connectivity index (χ4n) is 13.6. The van der Waals surface area contributed by atoms with E-state index >= 15 is 4.79 Å². The lowest BCUT2D eigenvalue weighted by atomic mass is 9.47. The van der Waals surface area contributed by atoms with Gasteiger partial charge in [0.1, 0.15) is 11.9 Å². The highest BCUT2D eigenvalue weighted by molar-refractivity contribution is 8.00. The highest BCUT2D eigenvalue weighted by atomic mass is 32.2. The number of methoxy groups -OCH3 is 2. The summed E-state index contributed by atoms with van der Waals surface area (Å²) in [7, 11) is 0.446. The predicted octanol–water partition coefficient (Wildman–Crippen LogP) is 7.64. The molecule has 18 nitrogen and oxygen atoms in total. The van der Waals surface area contributed by atoms with E-state index in [2.05, 4.69) is 97.1 Å². The lowest BCUT2D eigenvalue weighted by Crippen LogP contribution is -2.81. The molecule has 0 bridgehead atoms. The second-order valence-corrected chi connectivity index (χ2v) is 32.9. The van der Waals surface area contributed by atoms with Crippen molar-refractivity contribution in [3.05, 3.63) is 99.8 Å². The van der Waals surface area contributed by atoms with Crippen molar-refractivity contribution in [2.45, 2.75) is 150 Å². The standard InChI is InChI=1S/C55H80N10O8SSi2/c1-10-52(69,35-57-25-20-38-34-59-43-19-13-12-17-39(38)43)21-14-18-40(46(66)72-5)41-29-42-44(30-45(41)71-4)64(3)48-54(42)23-27-65-26-15-22-53(11-2,47(54)65)49(67)55(48,70)50(68)58-24-16-28-75(6,7)73-76(8,9)36-74-51-60-31-37(32-61-51)33-62-63-56/h12-13,15,17,19,22,29-32,34,40,47-49,57,59,67,69-70H,10-11,14,16,18,20-21,23-28,33,35-36H2,1-9H3,(H,58,68)/t40-,47-,48+,49+,52?,53+,54+,55-/m0/s1. The average molecular weight is 1100 g/mol. The zero-order valence-corrected chi connectivity index (χ0v) is 48.7. The lowest BCUT2D eigenvalue weighted by Gasteiger charge is -2.63. The number of azide groups is 1. The topological polar surface area (TPSA) is 243 Å². The van der Waals surface area contributed by atoms with Crippen LogP contribution in [0.1, 0.15) is 87.0 Å². The van der Waals surface area contributed by atoms with Gasteiger partial charge >= 0.3 is 5.97 Å². The molecule has 76 heavy (non-hydrogen) atoms. The van der Waals surface area contributed by atoms with E-state index in [9.17, 15) is 20.1 Å². The number of hydrogen-bond acceptors (Lipinski definition) is 15. The largest absolute Gasteiger partial charge is 0.496 e. The van der Waals surface area contributed by atoms with Gasteiger partial charge in [-0.1, -0.05) is 61.1 Å². The Hall–Kier alpha value is -4.81.